The van der Waals surface area contributed by atoms with E-state index in [4.69, 9.17) is 0 Å². The lowest BCUT2D eigenvalue weighted by molar-refractivity contribution is 0.435. The van der Waals surface area contributed by atoms with Crippen molar-refractivity contribution in [2.75, 3.05) is 5.32 Å². The quantitative estimate of drug-likeness (QED) is 0.778. The molecule has 0 spiro atoms. The Morgan fingerprint density at radius 2 is 1.94 bits per heavy atom. The fourth-order valence-electron chi connectivity index (χ4n) is 2.95. The van der Waals surface area contributed by atoms with Crippen molar-refractivity contribution in [2.45, 2.75) is 31.7 Å². The second-order valence-electron chi connectivity index (χ2n) is 5.09. The van der Waals surface area contributed by atoms with E-state index in [-0.39, 0.29) is 11.7 Å². The first-order valence-electron chi connectivity index (χ1n) is 6.06. The molecule has 1 aromatic carbocycles. The summed E-state index contributed by atoms with van der Waals surface area (Å²) in [6, 6.07) is 1.77. The molecule has 0 radical (unpaired) electrons. The number of halogens is 3. The van der Waals surface area contributed by atoms with E-state index in [2.05, 4.69) is 5.32 Å². The van der Waals surface area contributed by atoms with Gasteiger partial charge in [-0.05, 0) is 24.7 Å². The summed E-state index contributed by atoms with van der Waals surface area (Å²) in [4.78, 5) is 0. The SMILES string of the molecule is Fc1cc(F)c(F)c(NC2CCC[C@H]3C[C@@H]23)c1. The van der Waals surface area contributed by atoms with E-state index >= 15 is 0 Å². The molecule has 2 aliphatic carbocycles. The van der Waals surface area contributed by atoms with Crippen LogP contribution in [0.5, 0.6) is 0 Å². The van der Waals surface area contributed by atoms with Crippen LogP contribution in [-0.4, -0.2) is 6.04 Å². The Balaban J connectivity index is 1.80. The maximum atomic E-state index is 13.5. The van der Waals surface area contributed by atoms with Gasteiger partial charge in [0, 0.05) is 18.2 Å². The van der Waals surface area contributed by atoms with Crippen molar-refractivity contribution in [1.82, 2.24) is 0 Å². The maximum Gasteiger partial charge on any atom is 0.182 e. The van der Waals surface area contributed by atoms with Gasteiger partial charge in [0.25, 0.3) is 0 Å². The summed E-state index contributed by atoms with van der Waals surface area (Å²) in [7, 11) is 0. The molecule has 2 aliphatic rings. The van der Waals surface area contributed by atoms with Crippen molar-refractivity contribution in [3.05, 3.63) is 29.6 Å². The molecule has 1 unspecified atom stereocenters. The summed E-state index contributed by atoms with van der Waals surface area (Å²) >= 11 is 0. The molecule has 1 nitrogen and oxygen atoms in total. The van der Waals surface area contributed by atoms with Gasteiger partial charge in [0.05, 0.1) is 5.69 Å². The zero-order valence-corrected chi connectivity index (χ0v) is 9.35. The second kappa shape index (κ2) is 3.93. The van der Waals surface area contributed by atoms with E-state index < -0.39 is 17.5 Å². The minimum absolute atomic E-state index is 0.0416. The number of hydrogen-bond donors (Lipinski definition) is 1. The van der Waals surface area contributed by atoms with Gasteiger partial charge in [-0.15, -0.1) is 0 Å². The predicted octanol–water partition coefficient (Wildman–Crippen LogP) is 3.70. The molecule has 0 heterocycles. The van der Waals surface area contributed by atoms with Gasteiger partial charge in [0.2, 0.25) is 0 Å². The third-order valence-electron chi connectivity index (χ3n) is 3.92. The van der Waals surface area contributed by atoms with E-state index in [1.165, 1.54) is 6.42 Å². The molecule has 17 heavy (non-hydrogen) atoms. The molecule has 0 aromatic heterocycles. The molecule has 0 bridgehead atoms. The van der Waals surface area contributed by atoms with Gasteiger partial charge in [0.1, 0.15) is 5.82 Å². The number of benzene rings is 1. The molecule has 1 aromatic rings. The van der Waals surface area contributed by atoms with Gasteiger partial charge in [0.15, 0.2) is 11.6 Å². The topological polar surface area (TPSA) is 12.0 Å². The first kappa shape index (κ1) is 10.9. The van der Waals surface area contributed by atoms with Crippen LogP contribution in [-0.2, 0) is 0 Å². The second-order valence-corrected chi connectivity index (χ2v) is 5.09. The molecule has 2 fully saturated rings. The van der Waals surface area contributed by atoms with Crippen molar-refractivity contribution in [2.24, 2.45) is 11.8 Å². The van der Waals surface area contributed by atoms with Crippen LogP contribution in [0.1, 0.15) is 25.7 Å². The lowest BCUT2D eigenvalue weighted by Gasteiger charge is -2.24. The first-order chi connectivity index (χ1) is 8.15. The molecule has 92 valence electrons. The Hall–Kier alpha value is -1.19. The van der Waals surface area contributed by atoms with Crippen LogP contribution >= 0.6 is 0 Å². The molecule has 0 aliphatic heterocycles. The van der Waals surface area contributed by atoms with Crippen molar-refractivity contribution in [1.29, 1.82) is 0 Å². The summed E-state index contributed by atoms with van der Waals surface area (Å²) in [5, 5.41) is 2.97. The summed E-state index contributed by atoms with van der Waals surface area (Å²) in [6.45, 7) is 0. The minimum Gasteiger partial charge on any atom is -0.379 e. The minimum atomic E-state index is -1.13. The summed E-state index contributed by atoms with van der Waals surface area (Å²) in [5.74, 6) is -1.54. The third-order valence-corrected chi connectivity index (χ3v) is 3.92. The first-order valence-corrected chi connectivity index (χ1v) is 6.06. The number of anilines is 1. The van der Waals surface area contributed by atoms with Crippen LogP contribution in [0.2, 0.25) is 0 Å². The normalized spacial score (nSPS) is 30.9. The van der Waals surface area contributed by atoms with E-state index in [0.717, 1.165) is 31.2 Å². The van der Waals surface area contributed by atoms with Crippen molar-refractivity contribution >= 4 is 5.69 Å². The highest BCUT2D eigenvalue weighted by molar-refractivity contribution is 5.47. The summed E-state index contributed by atoms with van der Waals surface area (Å²) < 4.78 is 39.5. The fourth-order valence-corrected chi connectivity index (χ4v) is 2.95. The summed E-state index contributed by atoms with van der Waals surface area (Å²) in [5.41, 5.74) is -0.0416. The molecule has 3 rings (SSSR count). The van der Waals surface area contributed by atoms with Crippen LogP contribution < -0.4 is 5.32 Å². The average Bonchev–Trinajstić information content (AvgIpc) is 3.05. The van der Waals surface area contributed by atoms with E-state index in [1.807, 2.05) is 0 Å². The molecule has 1 N–H and O–H groups in total. The molecule has 3 atom stereocenters. The zero-order chi connectivity index (χ0) is 12.0. The number of hydrogen-bond acceptors (Lipinski definition) is 1. The lowest BCUT2D eigenvalue weighted by Crippen LogP contribution is -2.26. The molecule has 2 saturated carbocycles. The lowest BCUT2D eigenvalue weighted by atomic mass is 9.95. The zero-order valence-electron chi connectivity index (χ0n) is 9.35. The standard InChI is InChI=1S/C13H14F3N/c14-8-5-10(15)13(16)12(6-8)17-11-3-1-2-7-4-9(7)11/h5-7,9,11,17H,1-4H2/t7-,9+,11?/m0/s1. The van der Waals surface area contributed by atoms with Gasteiger partial charge in [-0.3, -0.25) is 0 Å². The Labute approximate surface area is 98.0 Å². The van der Waals surface area contributed by atoms with Crippen LogP contribution in [0.3, 0.4) is 0 Å². The molecule has 0 amide bonds. The molecule has 4 heteroatoms. The number of rotatable bonds is 2. The van der Waals surface area contributed by atoms with Crippen molar-refractivity contribution in [3.8, 4) is 0 Å². The molecule has 0 saturated heterocycles. The number of fused-ring (bicyclic) bond motifs is 1. The van der Waals surface area contributed by atoms with Gasteiger partial charge in [-0.2, -0.15) is 0 Å². The van der Waals surface area contributed by atoms with Crippen LogP contribution in [0.25, 0.3) is 0 Å². The fraction of sp³-hybridized carbons (Fsp3) is 0.538. The largest absolute Gasteiger partial charge is 0.379 e. The van der Waals surface area contributed by atoms with Crippen LogP contribution in [0, 0.1) is 29.3 Å². The highest BCUT2D eigenvalue weighted by atomic mass is 19.2. The van der Waals surface area contributed by atoms with Crippen LogP contribution in [0.4, 0.5) is 18.9 Å². The Morgan fingerprint density at radius 1 is 1.12 bits per heavy atom. The van der Waals surface area contributed by atoms with Gasteiger partial charge < -0.3 is 5.32 Å². The van der Waals surface area contributed by atoms with Crippen LogP contribution in [0.15, 0.2) is 12.1 Å². The monoisotopic (exact) mass is 241 g/mol. The Morgan fingerprint density at radius 3 is 2.76 bits per heavy atom. The predicted molar refractivity (Wildman–Crippen MR) is 59.2 cm³/mol. The third kappa shape index (κ3) is 2.01. The van der Waals surface area contributed by atoms with Gasteiger partial charge >= 0.3 is 0 Å². The molecular formula is C13H14F3N. The van der Waals surface area contributed by atoms with Crippen molar-refractivity contribution < 1.29 is 13.2 Å². The summed E-state index contributed by atoms with van der Waals surface area (Å²) in [6.07, 6.45) is 4.47. The van der Waals surface area contributed by atoms with E-state index in [1.54, 1.807) is 0 Å². The Kier molecular flexibility index (Phi) is 2.53. The highest BCUT2D eigenvalue weighted by Gasteiger charge is 2.45. The van der Waals surface area contributed by atoms with Crippen molar-refractivity contribution in [3.63, 3.8) is 0 Å². The van der Waals surface area contributed by atoms with E-state index in [0.29, 0.717) is 12.0 Å². The molecular weight excluding hydrogens is 227 g/mol. The number of nitrogens with one attached hydrogen (secondary N) is 1. The van der Waals surface area contributed by atoms with Gasteiger partial charge in [-0.1, -0.05) is 12.8 Å². The maximum absolute atomic E-state index is 13.5. The smallest absolute Gasteiger partial charge is 0.182 e. The average molecular weight is 241 g/mol. The van der Waals surface area contributed by atoms with Gasteiger partial charge in [-0.25, -0.2) is 13.2 Å². The van der Waals surface area contributed by atoms with E-state index in [9.17, 15) is 13.2 Å². The Bertz CT molecular complexity index is 447. The highest BCUT2D eigenvalue weighted by Crippen LogP contribution is 2.50.